The zero-order valence-corrected chi connectivity index (χ0v) is 11.0. The highest BCUT2D eigenvalue weighted by Crippen LogP contribution is 2.25. The number of halogens is 2. The van der Waals surface area contributed by atoms with Crippen LogP contribution in [0, 0.1) is 0 Å². The molecule has 0 spiro atoms. The molecule has 1 aromatic rings. The van der Waals surface area contributed by atoms with E-state index in [1.807, 2.05) is 12.1 Å². The molecule has 0 radical (unpaired) electrons. The van der Waals surface area contributed by atoms with Crippen molar-refractivity contribution in [2.45, 2.75) is 18.9 Å². The molecule has 1 atom stereocenters. The van der Waals surface area contributed by atoms with Crippen molar-refractivity contribution >= 4 is 31.9 Å². The Morgan fingerprint density at radius 1 is 1.29 bits per heavy atom. The van der Waals surface area contributed by atoms with Crippen molar-refractivity contribution in [3.63, 3.8) is 0 Å². The van der Waals surface area contributed by atoms with Crippen molar-refractivity contribution in [1.82, 2.24) is 0 Å². The van der Waals surface area contributed by atoms with Crippen LogP contribution in [-0.2, 0) is 0 Å². The number of hydrogen-bond donors (Lipinski definition) is 1. The first-order valence-electron chi connectivity index (χ1n) is 4.46. The van der Waals surface area contributed by atoms with Crippen LogP contribution in [0.4, 0.5) is 0 Å². The largest absolute Gasteiger partial charge is 0.324 e. The number of nitrogens with two attached hydrogens (primary N) is 1. The summed E-state index contributed by atoms with van der Waals surface area (Å²) in [5.74, 6) is 0. The third-order valence-electron chi connectivity index (χ3n) is 1.99. The first-order chi connectivity index (χ1) is 6.63. The van der Waals surface area contributed by atoms with E-state index in [0.29, 0.717) is 0 Å². The van der Waals surface area contributed by atoms with Crippen molar-refractivity contribution in [1.29, 1.82) is 0 Å². The van der Waals surface area contributed by atoms with Gasteiger partial charge in [-0.05, 0) is 36.6 Å². The van der Waals surface area contributed by atoms with Gasteiger partial charge in [0.05, 0.1) is 0 Å². The van der Waals surface area contributed by atoms with Crippen LogP contribution in [-0.4, -0.2) is 0 Å². The molecule has 0 fully saturated rings. The van der Waals surface area contributed by atoms with Crippen molar-refractivity contribution in [3.8, 4) is 0 Å². The molecular weight excluding hydrogens is 306 g/mol. The van der Waals surface area contributed by atoms with Crippen LogP contribution < -0.4 is 5.73 Å². The number of hydrogen-bond acceptors (Lipinski definition) is 1. The van der Waals surface area contributed by atoms with Gasteiger partial charge in [0.2, 0.25) is 0 Å². The second-order valence-corrected chi connectivity index (χ2v) is 5.01. The van der Waals surface area contributed by atoms with Gasteiger partial charge < -0.3 is 5.73 Å². The van der Waals surface area contributed by atoms with Crippen LogP contribution in [0.25, 0.3) is 0 Å². The third kappa shape index (κ3) is 3.56. The smallest absolute Gasteiger partial charge is 0.0298 e. The SMILES string of the molecule is C=CCC[C@@H](N)c1cc(Br)cc(Br)c1. The lowest BCUT2D eigenvalue weighted by atomic mass is 10.0. The second kappa shape index (κ2) is 5.69. The summed E-state index contributed by atoms with van der Waals surface area (Å²) in [6, 6.07) is 6.20. The highest BCUT2D eigenvalue weighted by Gasteiger charge is 2.06. The number of allylic oxidation sites excluding steroid dienone is 1. The molecule has 2 N–H and O–H groups in total. The Kier molecular flexibility index (Phi) is 4.85. The van der Waals surface area contributed by atoms with E-state index in [9.17, 15) is 0 Å². The van der Waals surface area contributed by atoms with Crippen molar-refractivity contribution in [2.75, 3.05) is 0 Å². The Hall–Kier alpha value is -0.120. The summed E-state index contributed by atoms with van der Waals surface area (Å²) in [5, 5.41) is 0. The maximum atomic E-state index is 6.03. The molecule has 1 rings (SSSR count). The fourth-order valence-electron chi connectivity index (χ4n) is 1.25. The van der Waals surface area contributed by atoms with E-state index in [4.69, 9.17) is 5.73 Å². The molecule has 0 bridgehead atoms. The lowest BCUT2D eigenvalue weighted by Gasteiger charge is -2.11. The molecule has 0 aliphatic carbocycles. The van der Waals surface area contributed by atoms with Crippen LogP contribution in [0.2, 0.25) is 0 Å². The summed E-state index contributed by atoms with van der Waals surface area (Å²) in [5.41, 5.74) is 7.18. The summed E-state index contributed by atoms with van der Waals surface area (Å²) in [7, 11) is 0. The maximum absolute atomic E-state index is 6.03. The van der Waals surface area contributed by atoms with Crippen LogP contribution in [0.1, 0.15) is 24.4 Å². The maximum Gasteiger partial charge on any atom is 0.0298 e. The van der Waals surface area contributed by atoms with Gasteiger partial charge in [0.25, 0.3) is 0 Å². The van der Waals surface area contributed by atoms with Crippen LogP contribution in [0.15, 0.2) is 39.8 Å². The minimum atomic E-state index is 0.0850. The minimum Gasteiger partial charge on any atom is -0.324 e. The molecule has 1 aromatic carbocycles. The molecule has 0 aliphatic heterocycles. The molecule has 0 unspecified atom stereocenters. The number of rotatable bonds is 4. The highest BCUT2D eigenvalue weighted by molar-refractivity contribution is 9.11. The Morgan fingerprint density at radius 2 is 1.86 bits per heavy atom. The Bertz CT molecular complexity index is 303. The zero-order valence-electron chi connectivity index (χ0n) is 7.84. The van der Waals surface area contributed by atoms with Crippen LogP contribution in [0.5, 0.6) is 0 Å². The predicted molar refractivity (Wildman–Crippen MR) is 68.2 cm³/mol. The molecule has 0 saturated heterocycles. The first kappa shape index (κ1) is 12.0. The van der Waals surface area contributed by atoms with Gasteiger partial charge in [-0.25, -0.2) is 0 Å². The third-order valence-corrected chi connectivity index (χ3v) is 2.91. The van der Waals surface area contributed by atoms with Gasteiger partial charge in [0.1, 0.15) is 0 Å². The molecule has 3 heteroatoms. The fourth-order valence-corrected chi connectivity index (χ4v) is 2.58. The lowest BCUT2D eigenvalue weighted by molar-refractivity contribution is 0.661. The molecule has 0 heterocycles. The molecule has 14 heavy (non-hydrogen) atoms. The topological polar surface area (TPSA) is 26.0 Å². The van der Waals surface area contributed by atoms with E-state index >= 15 is 0 Å². The van der Waals surface area contributed by atoms with E-state index in [1.165, 1.54) is 0 Å². The average molecular weight is 319 g/mol. The summed E-state index contributed by atoms with van der Waals surface area (Å²) in [6.07, 6.45) is 3.78. The zero-order chi connectivity index (χ0) is 10.6. The van der Waals surface area contributed by atoms with E-state index in [-0.39, 0.29) is 6.04 Å². The lowest BCUT2D eigenvalue weighted by Crippen LogP contribution is -2.09. The van der Waals surface area contributed by atoms with Gasteiger partial charge in [-0.1, -0.05) is 37.9 Å². The van der Waals surface area contributed by atoms with Crippen LogP contribution in [0.3, 0.4) is 0 Å². The fraction of sp³-hybridized carbons (Fsp3) is 0.273. The van der Waals surface area contributed by atoms with Gasteiger partial charge in [0, 0.05) is 15.0 Å². The van der Waals surface area contributed by atoms with Crippen molar-refractivity contribution in [3.05, 3.63) is 45.4 Å². The van der Waals surface area contributed by atoms with E-state index in [0.717, 1.165) is 27.4 Å². The normalized spacial score (nSPS) is 12.5. The second-order valence-electron chi connectivity index (χ2n) is 3.18. The number of benzene rings is 1. The van der Waals surface area contributed by atoms with Gasteiger partial charge >= 0.3 is 0 Å². The molecule has 0 saturated carbocycles. The summed E-state index contributed by atoms with van der Waals surface area (Å²) >= 11 is 6.89. The van der Waals surface area contributed by atoms with E-state index in [2.05, 4.69) is 50.6 Å². The van der Waals surface area contributed by atoms with Crippen LogP contribution >= 0.6 is 31.9 Å². The van der Waals surface area contributed by atoms with Gasteiger partial charge in [-0.15, -0.1) is 6.58 Å². The van der Waals surface area contributed by atoms with Gasteiger partial charge in [-0.2, -0.15) is 0 Å². The Morgan fingerprint density at radius 3 is 2.36 bits per heavy atom. The quantitative estimate of drug-likeness (QED) is 0.828. The summed E-state index contributed by atoms with van der Waals surface area (Å²) in [4.78, 5) is 0. The monoisotopic (exact) mass is 317 g/mol. The predicted octanol–water partition coefficient (Wildman–Crippen LogP) is 4.18. The van der Waals surface area contributed by atoms with E-state index < -0.39 is 0 Å². The highest BCUT2D eigenvalue weighted by atomic mass is 79.9. The first-order valence-corrected chi connectivity index (χ1v) is 6.04. The van der Waals surface area contributed by atoms with Crippen molar-refractivity contribution in [2.24, 2.45) is 5.73 Å². The molecule has 0 aromatic heterocycles. The molecule has 0 aliphatic rings. The minimum absolute atomic E-state index is 0.0850. The molecule has 1 nitrogen and oxygen atoms in total. The van der Waals surface area contributed by atoms with E-state index in [1.54, 1.807) is 0 Å². The van der Waals surface area contributed by atoms with Gasteiger partial charge in [0.15, 0.2) is 0 Å². The molecule has 76 valence electrons. The summed E-state index contributed by atoms with van der Waals surface area (Å²) in [6.45, 7) is 3.69. The van der Waals surface area contributed by atoms with Crippen molar-refractivity contribution < 1.29 is 0 Å². The molecular formula is C11H13Br2N. The summed E-state index contributed by atoms with van der Waals surface area (Å²) < 4.78 is 2.10. The van der Waals surface area contributed by atoms with Gasteiger partial charge in [-0.3, -0.25) is 0 Å². The Balaban J connectivity index is 2.78. The Labute approximate surface area is 102 Å². The standard InChI is InChI=1S/C11H13Br2N/c1-2-3-4-11(14)8-5-9(12)7-10(13)6-8/h2,5-7,11H,1,3-4,14H2/t11-/m1/s1. The average Bonchev–Trinajstić information content (AvgIpc) is 2.12. The molecule has 0 amide bonds.